The number of hydrogen-bond acceptors (Lipinski definition) is 6. The van der Waals surface area contributed by atoms with Crippen LogP contribution in [0.25, 0.3) is 11.4 Å². The van der Waals surface area contributed by atoms with Crippen LogP contribution < -0.4 is 5.32 Å². The van der Waals surface area contributed by atoms with Gasteiger partial charge in [0.25, 0.3) is 0 Å². The van der Waals surface area contributed by atoms with Crippen molar-refractivity contribution >= 4 is 21.6 Å². The zero-order valence-electron chi connectivity index (χ0n) is 15.1. The van der Waals surface area contributed by atoms with Crippen molar-refractivity contribution in [3.05, 3.63) is 54.3 Å². The molecule has 0 aliphatic heterocycles. The number of carbonyl (C=O) groups excluding carboxylic acids is 1. The highest BCUT2D eigenvalue weighted by molar-refractivity contribution is 7.89. The first-order valence-corrected chi connectivity index (χ1v) is 9.56. The summed E-state index contributed by atoms with van der Waals surface area (Å²) in [6.07, 6.45) is 0. The summed E-state index contributed by atoms with van der Waals surface area (Å²) in [5.74, 6) is -0.650. The highest BCUT2D eigenvalue weighted by Crippen LogP contribution is 2.17. The minimum Gasteiger partial charge on any atom is -0.324 e. The van der Waals surface area contributed by atoms with E-state index in [-0.39, 0.29) is 17.3 Å². The molecular formula is C17H17FN6O3S. The zero-order chi connectivity index (χ0) is 20.3. The molecule has 146 valence electrons. The van der Waals surface area contributed by atoms with Gasteiger partial charge in [-0.25, -0.2) is 17.1 Å². The summed E-state index contributed by atoms with van der Waals surface area (Å²) >= 11 is 0. The van der Waals surface area contributed by atoms with Crippen LogP contribution in [0.1, 0.15) is 0 Å². The minimum absolute atomic E-state index is 0.119. The Labute approximate surface area is 160 Å². The second kappa shape index (κ2) is 7.82. The first-order valence-electron chi connectivity index (χ1n) is 8.12. The van der Waals surface area contributed by atoms with Crippen LogP contribution in [0.4, 0.5) is 10.1 Å². The Morgan fingerprint density at radius 3 is 2.54 bits per heavy atom. The minimum atomic E-state index is -3.54. The summed E-state index contributed by atoms with van der Waals surface area (Å²) in [5, 5.41) is 14.3. The molecule has 0 radical (unpaired) electrons. The molecule has 0 aliphatic rings. The van der Waals surface area contributed by atoms with Crippen LogP contribution in [0.15, 0.2) is 53.4 Å². The SMILES string of the molecule is CN(C)S(=O)(=O)c1ccc(NC(=O)Cn2nnc(-c3cccc(F)c3)n2)cc1. The fourth-order valence-electron chi connectivity index (χ4n) is 2.30. The number of benzene rings is 2. The van der Waals surface area contributed by atoms with E-state index >= 15 is 0 Å². The molecule has 0 atom stereocenters. The first kappa shape index (κ1) is 19.6. The zero-order valence-corrected chi connectivity index (χ0v) is 15.9. The predicted molar refractivity (Wildman–Crippen MR) is 99.2 cm³/mol. The van der Waals surface area contributed by atoms with E-state index in [0.29, 0.717) is 11.3 Å². The van der Waals surface area contributed by atoms with E-state index < -0.39 is 21.7 Å². The number of sulfonamides is 1. The number of hydrogen-bond donors (Lipinski definition) is 1. The lowest BCUT2D eigenvalue weighted by atomic mass is 10.2. The van der Waals surface area contributed by atoms with Gasteiger partial charge in [0, 0.05) is 25.3 Å². The molecule has 2 aromatic carbocycles. The van der Waals surface area contributed by atoms with Gasteiger partial charge < -0.3 is 5.32 Å². The van der Waals surface area contributed by atoms with Crippen molar-refractivity contribution in [3.8, 4) is 11.4 Å². The Balaban J connectivity index is 1.65. The molecule has 3 rings (SSSR count). The number of rotatable bonds is 6. The standard InChI is InChI=1S/C17H17FN6O3S/c1-23(2)28(26,27)15-8-6-14(7-9-15)19-16(25)11-24-21-17(20-22-24)12-4-3-5-13(18)10-12/h3-10H,11H2,1-2H3,(H,19,25). The van der Waals surface area contributed by atoms with Crippen LogP contribution in [0, 0.1) is 5.82 Å². The van der Waals surface area contributed by atoms with E-state index in [1.165, 1.54) is 56.6 Å². The molecule has 0 spiro atoms. The number of carbonyl (C=O) groups is 1. The van der Waals surface area contributed by atoms with Gasteiger partial charge in [-0.1, -0.05) is 12.1 Å². The molecule has 0 saturated carbocycles. The molecule has 0 fully saturated rings. The monoisotopic (exact) mass is 404 g/mol. The van der Waals surface area contributed by atoms with Gasteiger partial charge in [0.05, 0.1) is 4.90 Å². The molecule has 1 N–H and O–H groups in total. The third-order valence-electron chi connectivity index (χ3n) is 3.74. The fourth-order valence-corrected chi connectivity index (χ4v) is 3.21. The van der Waals surface area contributed by atoms with Gasteiger partial charge >= 0.3 is 0 Å². The van der Waals surface area contributed by atoms with Crippen LogP contribution in [-0.4, -0.2) is 52.9 Å². The molecule has 28 heavy (non-hydrogen) atoms. The number of nitrogens with one attached hydrogen (secondary N) is 1. The van der Waals surface area contributed by atoms with Crippen LogP contribution in [0.3, 0.4) is 0 Å². The highest BCUT2D eigenvalue weighted by Gasteiger charge is 2.17. The molecule has 0 unspecified atom stereocenters. The molecule has 0 bridgehead atoms. The predicted octanol–water partition coefficient (Wildman–Crippen LogP) is 1.37. The van der Waals surface area contributed by atoms with Crippen LogP contribution in [-0.2, 0) is 21.4 Å². The van der Waals surface area contributed by atoms with Crippen molar-refractivity contribution in [1.29, 1.82) is 0 Å². The van der Waals surface area contributed by atoms with Crippen LogP contribution in [0.5, 0.6) is 0 Å². The molecule has 11 heteroatoms. The van der Waals surface area contributed by atoms with Crippen molar-refractivity contribution < 1.29 is 17.6 Å². The van der Waals surface area contributed by atoms with Gasteiger partial charge in [-0.2, -0.15) is 4.80 Å². The largest absolute Gasteiger partial charge is 0.324 e. The Kier molecular flexibility index (Phi) is 5.47. The molecule has 1 amide bonds. The highest BCUT2D eigenvalue weighted by atomic mass is 32.2. The average Bonchev–Trinajstić information content (AvgIpc) is 3.10. The summed E-state index contributed by atoms with van der Waals surface area (Å²) in [6, 6.07) is 11.5. The van der Waals surface area contributed by atoms with E-state index in [4.69, 9.17) is 0 Å². The second-order valence-corrected chi connectivity index (χ2v) is 8.17. The van der Waals surface area contributed by atoms with Gasteiger partial charge in [-0.15, -0.1) is 10.2 Å². The second-order valence-electron chi connectivity index (χ2n) is 6.01. The quantitative estimate of drug-likeness (QED) is 0.664. The van der Waals surface area contributed by atoms with Crippen molar-refractivity contribution in [2.24, 2.45) is 0 Å². The van der Waals surface area contributed by atoms with Crippen LogP contribution >= 0.6 is 0 Å². The molecule has 0 saturated heterocycles. The van der Waals surface area contributed by atoms with Gasteiger partial charge in [0.2, 0.25) is 21.8 Å². The number of nitrogens with zero attached hydrogens (tertiary/aromatic N) is 5. The third-order valence-corrected chi connectivity index (χ3v) is 5.57. The maximum absolute atomic E-state index is 13.3. The van der Waals surface area contributed by atoms with E-state index in [2.05, 4.69) is 20.7 Å². The lowest BCUT2D eigenvalue weighted by Crippen LogP contribution is -2.22. The van der Waals surface area contributed by atoms with E-state index in [9.17, 15) is 17.6 Å². The number of tetrazole rings is 1. The molecule has 0 aliphatic carbocycles. The van der Waals surface area contributed by atoms with E-state index in [1.54, 1.807) is 6.07 Å². The lowest BCUT2D eigenvalue weighted by Gasteiger charge is -2.11. The average molecular weight is 404 g/mol. The van der Waals surface area contributed by atoms with Crippen molar-refractivity contribution in [3.63, 3.8) is 0 Å². The molecule has 9 nitrogen and oxygen atoms in total. The third kappa shape index (κ3) is 4.38. The summed E-state index contributed by atoms with van der Waals surface area (Å²) < 4.78 is 38.4. The molecular weight excluding hydrogens is 387 g/mol. The maximum atomic E-state index is 13.3. The summed E-state index contributed by atoms with van der Waals surface area (Å²) in [5.41, 5.74) is 0.873. The number of halogens is 1. The van der Waals surface area contributed by atoms with Gasteiger partial charge in [0.15, 0.2) is 0 Å². The Morgan fingerprint density at radius 2 is 1.89 bits per heavy atom. The maximum Gasteiger partial charge on any atom is 0.248 e. The van der Waals surface area contributed by atoms with E-state index in [0.717, 1.165) is 9.10 Å². The summed E-state index contributed by atoms with van der Waals surface area (Å²) in [7, 11) is -0.658. The summed E-state index contributed by atoms with van der Waals surface area (Å²) in [4.78, 5) is 13.3. The smallest absolute Gasteiger partial charge is 0.248 e. The van der Waals surface area contributed by atoms with Crippen molar-refractivity contribution in [1.82, 2.24) is 24.5 Å². The molecule has 1 aromatic heterocycles. The number of anilines is 1. The normalized spacial score (nSPS) is 11.6. The Bertz CT molecular complexity index is 1100. The topological polar surface area (TPSA) is 110 Å². The number of aromatic nitrogens is 4. The fraction of sp³-hybridized carbons (Fsp3) is 0.176. The first-order chi connectivity index (χ1) is 13.3. The number of amides is 1. The Hall–Kier alpha value is -3.18. The van der Waals surface area contributed by atoms with E-state index in [1.807, 2.05) is 0 Å². The van der Waals surface area contributed by atoms with Crippen molar-refractivity contribution in [2.45, 2.75) is 11.4 Å². The van der Waals surface area contributed by atoms with Crippen molar-refractivity contribution in [2.75, 3.05) is 19.4 Å². The molecule has 3 aromatic rings. The lowest BCUT2D eigenvalue weighted by molar-refractivity contribution is -0.117. The summed E-state index contributed by atoms with van der Waals surface area (Å²) in [6.45, 7) is -0.208. The Morgan fingerprint density at radius 1 is 1.18 bits per heavy atom. The van der Waals surface area contributed by atoms with Gasteiger partial charge in [-0.3, -0.25) is 4.79 Å². The van der Waals surface area contributed by atoms with Gasteiger partial charge in [0.1, 0.15) is 12.4 Å². The molecule has 1 heterocycles. The van der Waals surface area contributed by atoms with Gasteiger partial charge in [-0.05, 0) is 41.6 Å². The van der Waals surface area contributed by atoms with Crippen LogP contribution in [0.2, 0.25) is 0 Å².